The highest BCUT2D eigenvalue weighted by atomic mass is 19.1. The summed E-state index contributed by atoms with van der Waals surface area (Å²) in [5, 5.41) is 12.6. The maximum atomic E-state index is 14.5. The average Bonchev–Trinajstić information content (AvgIpc) is 3.56. The van der Waals surface area contributed by atoms with E-state index in [9.17, 15) is 9.18 Å². The van der Waals surface area contributed by atoms with Gasteiger partial charge in [-0.3, -0.25) is 13.8 Å². The molecule has 186 valence electrons. The van der Waals surface area contributed by atoms with Crippen LogP contribution in [0.3, 0.4) is 0 Å². The van der Waals surface area contributed by atoms with Crippen molar-refractivity contribution in [2.75, 3.05) is 20.3 Å². The number of hydrogen-bond donors (Lipinski definition) is 0. The summed E-state index contributed by atoms with van der Waals surface area (Å²) >= 11 is 0. The van der Waals surface area contributed by atoms with Crippen molar-refractivity contribution >= 4 is 11.0 Å². The minimum Gasteiger partial charge on any atom is -0.488 e. The van der Waals surface area contributed by atoms with Gasteiger partial charge in [0.2, 0.25) is 5.89 Å². The lowest BCUT2D eigenvalue weighted by molar-refractivity contribution is 0.144. The second kappa shape index (κ2) is 9.65. The normalized spacial score (nSPS) is 18.4. The first-order valence-corrected chi connectivity index (χ1v) is 11.8. The van der Waals surface area contributed by atoms with E-state index in [2.05, 4.69) is 15.3 Å². The Labute approximate surface area is 201 Å². The zero-order chi connectivity index (χ0) is 24.5. The van der Waals surface area contributed by atoms with Gasteiger partial charge < -0.3 is 13.9 Å². The quantitative estimate of drug-likeness (QED) is 0.354. The van der Waals surface area contributed by atoms with E-state index in [1.165, 1.54) is 10.6 Å². The van der Waals surface area contributed by atoms with Gasteiger partial charge in [0, 0.05) is 52.0 Å². The van der Waals surface area contributed by atoms with Crippen molar-refractivity contribution in [2.24, 2.45) is 20.0 Å². The minimum atomic E-state index is -0.493. The summed E-state index contributed by atoms with van der Waals surface area (Å²) in [7, 11) is 5.07. The van der Waals surface area contributed by atoms with Crippen LogP contribution in [0.5, 0.6) is 5.75 Å². The van der Waals surface area contributed by atoms with Crippen molar-refractivity contribution in [1.29, 1.82) is 0 Å². The summed E-state index contributed by atoms with van der Waals surface area (Å²) in [4.78, 5) is 13.0. The second-order valence-corrected chi connectivity index (χ2v) is 9.13. The highest BCUT2D eigenvalue weighted by Gasteiger charge is 2.28. The molecule has 1 fully saturated rings. The van der Waals surface area contributed by atoms with Crippen molar-refractivity contribution in [3.05, 3.63) is 46.7 Å². The van der Waals surface area contributed by atoms with E-state index in [1.807, 2.05) is 13.2 Å². The molecule has 0 amide bonds. The molecule has 4 aromatic rings. The average molecular weight is 485 g/mol. The van der Waals surface area contributed by atoms with Crippen LogP contribution in [0.1, 0.15) is 37.5 Å². The van der Waals surface area contributed by atoms with Crippen molar-refractivity contribution in [3.8, 4) is 17.2 Å². The molecule has 1 aliphatic carbocycles. The third-order valence-electron chi connectivity index (χ3n) is 6.77. The largest absolute Gasteiger partial charge is 0.488 e. The van der Waals surface area contributed by atoms with Gasteiger partial charge in [0.1, 0.15) is 6.61 Å². The van der Waals surface area contributed by atoms with E-state index in [4.69, 9.17) is 13.9 Å². The molecule has 0 atom stereocenters. The van der Waals surface area contributed by atoms with Gasteiger partial charge in [0.25, 0.3) is 5.89 Å². The summed E-state index contributed by atoms with van der Waals surface area (Å²) in [5.74, 6) is 1.28. The Balaban J connectivity index is 1.29. The van der Waals surface area contributed by atoms with Gasteiger partial charge in [-0.15, -0.1) is 10.2 Å². The number of imidazole rings is 1. The van der Waals surface area contributed by atoms with E-state index in [0.29, 0.717) is 41.9 Å². The minimum absolute atomic E-state index is 0.124. The molecule has 0 radical (unpaired) electrons. The van der Waals surface area contributed by atoms with Gasteiger partial charge in [-0.05, 0) is 31.6 Å². The second-order valence-electron chi connectivity index (χ2n) is 9.13. The van der Waals surface area contributed by atoms with Crippen molar-refractivity contribution in [2.45, 2.75) is 38.1 Å². The first-order chi connectivity index (χ1) is 16.9. The summed E-state index contributed by atoms with van der Waals surface area (Å²) in [6.07, 6.45) is 7.21. The highest BCUT2D eigenvalue weighted by molar-refractivity contribution is 5.78. The molecular formula is C24H29FN6O4. The van der Waals surface area contributed by atoms with Crippen LogP contribution in [-0.4, -0.2) is 49.4 Å². The molecule has 0 bridgehead atoms. The monoisotopic (exact) mass is 484 g/mol. The van der Waals surface area contributed by atoms with Gasteiger partial charge in [0.05, 0.1) is 29.4 Å². The lowest BCUT2D eigenvalue weighted by Gasteiger charge is -2.26. The number of methoxy groups -OCH3 is 1. The van der Waals surface area contributed by atoms with Crippen LogP contribution in [0.4, 0.5) is 4.39 Å². The SMILES string of the molecule is COCCOc1cc2c(cc1F)n(C)c(=O)n2C[C@H]1CC[C@H](c2nnc(-c3cnn(C)c3)o2)CC1. The number of benzene rings is 1. The number of aryl methyl sites for hydroxylation is 2. The van der Waals surface area contributed by atoms with Crippen LogP contribution >= 0.6 is 0 Å². The molecule has 11 heteroatoms. The lowest BCUT2D eigenvalue weighted by Crippen LogP contribution is -2.27. The molecule has 3 aromatic heterocycles. The Kier molecular flexibility index (Phi) is 6.42. The third kappa shape index (κ3) is 4.60. The lowest BCUT2D eigenvalue weighted by atomic mass is 9.82. The first kappa shape index (κ1) is 23.3. The molecule has 1 aliphatic rings. The predicted molar refractivity (Wildman–Crippen MR) is 126 cm³/mol. The van der Waals surface area contributed by atoms with Gasteiger partial charge in [-0.1, -0.05) is 0 Å². The van der Waals surface area contributed by atoms with E-state index in [0.717, 1.165) is 31.2 Å². The molecule has 10 nitrogen and oxygen atoms in total. The summed E-state index contributed by atoms with van der Waals surface area (Å²) < 4.78 is 35.9. The standard InChI is InChI=1S/C24H29FN6O4/c1-29-14-17(12-26-29)23-28-27-22(35-23)16-6-4-15(5-7-16)13-31-20-11-21(34-9-8-33-3)18(25)10-19(20)30(2)24(31)32/h10-12,14-16H,4-9,13H2,1-3H3/t15-,16-. The third-order valence-corrected chi connectivity index (χ3v) is 6.77. The zero-order valence-corrected chi connectivity index (χ0v) is 20.1. The Morgan fingerprint density at radius 2 is 1.91 bits per heavy atom. The van der Waals surface area contributed by atoms with Gasteiger partial charge >= 0.3 is 5.69 Å². The van der Waals surface area contributed by atoms with E-state index >= 15 is 0 Å². The Morgan fingerprint density at radius 1 is 1.11 bits per heavy atom. The van der Waals surface area contributed by atoms with Gasteiger partial charge in [0.15, 0.2) is 11.6 Å². The molecule has 5 rings (SSSR count). The highest BCUT2D eigenvalue weighted by Crippen LogP contribution is 2.37. The van der Waals surface area contributed by atoms with Crippen LogP contribution in [0.25, 0.3) is 22.5 Å². The number of ether oxygens (including phenoxy) is 2. The van der Waals surface area contributed by atoms with E-state index < -0.39 is 5.82 Å². The Hall–Kier alpha value is -3.47. The molecule has 3 heterocycles. The maximum Gasteiger partial charge on any atom is 0.328 e. The Bertz CT molecular complexity index is 1380. The van der Waals surface area contributed by atoms with Gasteiger partial charge in [-0.25, -0.2) is 9.18 Å². The smallest absolute Gasteiger partial charge is 0.328 e. The summed E-state index contributed by atoms with van der Waals surface area (Å²) in [6.45, 7) is 1.15. The predicted octanol–water partition coefficient (Wildman–Crippen LogP) is 3.26. The molecule has 0 spiro atoms. The number of aromatic nitrogens is 6. The molecule has 0 aliphatic heterocycles. The first-order valence-electron chi connectivity index (χ1n) is 11.8. The summed E-state index contributed by atoms with van der Waals surface area (Å²) in [5.41, 5.74) is 1.87. The topological polar surface area (TPSA) is 102 Å². The molecule has 0 N–H and O–H groups in total. The van der Waals surface area contributed by atoms with Crippen molar-refractivity contribution in [3.63, 3.8) is 0 Å². The van der Waals surface area contributed by atoms with E-state index in [-0.39, 0.29) is 24.0 Å². The zero-order valence-electron chi connectivity index (χ0n) is 20.1. The molecule has 0 saturated heterocycles. The molecule has 1 saturated carbocycles. The van der Waals surface area contributed by atoms with Gasteiger partial charge in [-0.2, -0.15) is 5.10 Å². The van der Waals surface area contributed by atoms with Crippen molar-refractivity contribution in [1.82, 2.24) is 29.1 Å². The van der Waals surface area contributed by atoms with Crippen LogP contribution in [0, 0.1) is 11.7 Å². The molecule has 1 aromatic carbocycles. The molecular weight excluding hydrogens is 455 g/mol. The fourth-order valence-corrected chi connectivity index (χ4v) is 4.82. The number of rotatable bonds is 8. The Morgan fingerprint density at radius 3 is 2.63 bits per heavy atom. The van der Waals surface area contributed by atoms with Crippen LogP contribution in [0.15, 0.2) is 33.7 Å². The fraction of sp³-hybridized carbons (Fsp3) is 0.500. The van der Waals surface area contributed by atoms with Crippen molar-refractivity contribution < 1.29 is 18.3 Å². The maximum absolute atomic E-state index is 14.5. The number of nitrogens with zero attached hydrogens (tertiary/aromatic N) is 6. The van der Waals surface area contributed by atoms with Crippen LogP contribution in [0.2, 0.25) is 0 Å². The van der Waals surface area contributed by atoms with Crippen LogP contribution < -0.4 is 10.4 Å². The molecule has 35 heavy (non-hydrogen) atoms. The number of hydrogen-bond acceptors (Lipinski definition) is 7. The van der Waals surface area contributed by atoms with E-state index in [1.54, 1.807) is 35.7 Å². The molecule has 0 unspecified atom stereocenters. The fourth-order valence-electron chi connectivity index (χ4n) is 4.82. The number of fused-ring (bicyclic) bond motifs is 1. The number of halogens is 1. The van der Waals surface area contributed by atoms with Crippen LogP contribution in [-0.2, 0) is 25.4 Å². The summed E-state index contributed by atoms with van der Waals surface area (Å²) in [6, 6.07) is 2.98.